The number of carbonyl (C=O) groups is 1. The lowest BCUT2D eigenvalue weighted by Crippen LogP contribution is -2.20. The van der Waals surface area contributed by atoms with Crippen LogP contribution in [0.1, 0.15) is 21.6 Å². The average molecular weight is 473 g/mol. The zero-order valence-corrected chi connectivity index (χ0v) is 17.2. The maximum Gasteiger partial charge on any atom is 0.422 e. The van der Waals surface area contributed by atoms with E-state index in [9.17, 15) is 22.4 Å². The van der Waals surface area contributed by atoms with Crippen molar-refractivity contribution in [3.63, 3.8) is 0 Å². The van der Waals surface area contributed by atoms with E-state index in [0.717, 1.165) is 25.3 Å². The molecule has 1 amide bonds. The van der Waals surface area contributed by atoms with Crippen molar-refractivity contribution in [3.05, 3.63) is 76.1 Å². The molecule has 0 radical (unpaired) electrons. The second-order valence-electron chi connectivity index (χ2n) is 6.46. The van der Waals surface area contributed by atoms with Crippen LogP contribution in [0.2, 0.25) is 5.02 Å². The van der Waals surface area contributed by atoms with Crippen LogP contribution < -0.4 is 14.8 Å². The second-order valence-corrected chi connectivity index (χ2v) is 6.86. The van der Waals surface area contributed by atoms with E-state index in [0.29, 0.717) is 11.8 Å². The monoisotopic (exact) mass is 472 g/mol. The Labute approximate surface area is 183 Å². The number of hydrogen-bond acceptors (Lipinski definition) is 4. The Morgan fingerprint density at radius 2 is 1.78 bits per heavy atom. The number of nitrogens with one attached hydrogen (secondary N) is 1. The molecule has 1 heterocycles. The van der Waals surface area contributed by atoms with Gasteiger partial charge in [-0.1, -0.05) is 11.6 Å². The standard InChI is InChI=1S/C21H14ClF5N2O3/c1-10-7-12(5-6-28-10)29-20(30)17-15(32-14-4-3-11(23)8-13(14)22)9-16(31-2)18(19(17)24)21(25,26)27/h3-9H,1-2H3,(H,28,29,30). The van der Waals surface area contributed by atoms with Gasteiger partial charge in [-0.05, 0) is 37.3 Å². The molecule has 0 aliphatic rings. The number of benzene rings is 2. The maximum atomic E-state index is 15.1. The number of rotatable bonds is 5. The van der Waals surface area contributed by atoms with Crippen LogP contribution in [0.25, 0.3) is 0 Å². The van der Waals surface area contributed by atoms with Gasteiger partial charge in [-0.2, -0.15) is 13.2 Å². The van der Waals surface area contributed by atoms with E-state index in [1.54, 1.807) is 6.92 Å². The minimum Gasteiger partial charge on any atom is -0.496 e. The second kappa shape index (κ2) is 8.99. The van der Waals surface area contributed by atoms with Crippen LogP contribution in [0, 0.1) is 18.6 Å². The number of aryl methyl sites for hydroxylation is 1. The molecule has 1 N–H and O–H groups in total. The van der Waals surface area contributed by atoms with E-state index in [1.807, 2.05) is 0 Å². The highest BCUT2D eigenvalue weighted by Gasteiger charge is 2.41. The molecule has 0 atom stereocenters. The highest BCUT2D eigenvalue weighted by Crippen LogP contribution is 2.44. The SMILES string of the molecule is COc1cc(Oc2ccc(F)cc2Cl)c(C(=O)Nc2ccnc(C)c2)c(F)c1C(F)(F)F. The summed E-state index contributed by atoms with van der Waals surface area (Å²) in [5.41, 5.74) is -2.16. The summed E-state index contributed by atoms with van der Waals surface area (Å²) >= 11 is 5.90. The van der Waals surface area contributed by atoms with Crippen molar-refractivity contribution in [1.29, 1.82) is 0 Å². The Balaban J connectivity index is 2.17. The summed E-state index contributed by atoms with van der Waals surface area (Å²) < 4.78 is 79.1. The molecule has 5 nitrogen and oxygen atoms in total. The van der Waals surface area contributed by atoms with Crippen molar-refractivity contribution in [2.24, 2.45) is 0 Å². The number of nitrogens with zero attached hydrogens (tertiary/aromatic N) is 1. The smallest absolute Gasteiger partial charge is 0.422 e. The third-order valence-electron chi connectivity index (χ3n) is 4.19. The first-order valence-corrected chi connectivity index (χ1v) is 9.23. The number of aromatic nitrogens is 1. The number of ether oxygens (including phenoxy) is 2. The Kier molecular flexibility index (Phi) is 6.54. The fourth-order valence-corrected chi connectivity index (χ4v) is 3.02. The first-order chi connectivity index (χ1) is 15.0. The molecular formula is C21H14ClF5N2O3. The van der Waals surface area contributed by atoms with Crippen molar-refractivity contribution in [3.8, 4) is 17.2 Å². The quantitative estimate of drug-likeness (QED) is 0.437. The molecule has 0 fully saturated rings. The summed E-state index contributed by atoms with van der Waals surface area (Å²) in [4.78, 5) is 16.8. The molecule has 0 saturated heterocycles. The summed E-state index contributed by atoms with van der Waals surface area (Å²) in [6.07, 6.45) is -3.82. The predicted octanol–water partition coefficient (Wildman–Crippen LogP) is 6.39. The van der Waals surface area contributed by atoms with E-state index in [4.69, 9.17) is 16.3 Å². The number of hydrogen-bond donors (Lipinski definition) is 1. The average Bonchev–Trinajstić information content (AvgIpc) is 2.68. The number of carbonyl (C=O) groups excluding carboxylic acids is 1. The summed E-state index contributed by atoms with van der Waals surface area (Å²) in [7, 11) is 0.901. The maximum absolute atomic E-state index is 15.1. The number of amides is 1. The third-order valence-corrected chi connectivity index (χ3v) is 4.49. The summed E-state index contributed by atoms with van der Waals surface area (Å²) in [5, 5.41) is 2.06. The van der Waals surface area contributed by atoms with Crippen LogP contribution in [-0.2, 0) is 6.18 Å². The predicted molar refractivity (Wildman–Crippen MR) is 106 cm³/mol. The van der Waals surface area contributed by atoms with Gasteiger partial charge < -0.3 is 14.8 Å². The van der Waals surface area contributed by atoms with Crippen molar-refractivity contribution >= 4 is 23.2 Å². The van der Waals surface area contributed by atoms with Crippen molar-refractivity contribution in [2.45, 2.75) is 13.1 Å². The van der Waals surface area contributed by atoms with Crippen LogP contribution in [0.3, 0.4) is 0 Å². The molecule has 3 rings (SSSR count). The van der Waals surface area contributed by atoms with Crippen molar-refractivity contribution in [1.82, 2.24) is 4.98 Å². The van der Waals surface area contributed by atoms with Gasteiger partial charge in [0.05, 0.1) is 12.1 Å². The van der Waals surface area contributed by atoms with Gasteiger partial charge in [-0.3, -0.25) is 9.78 Å². The molecule has 0 bridgehead atoms. The normalized spacial score (nSPS) is 11.2. The van der Waals surface area contributed by atoms with Crippen molar-refractivity contribution < 1.29 is 36.2 Å². The van der Waals surface area contributed by atoms with E-state index in [2.05, 4.69) is 15.0 Å². The van der Waals surface area contributed by atoms with Gasteiger partial charge in [-0.25, -0.2) is 8.78 Å². The van der Waals surface area contributed by atoms with Gasteiger partial charge in [0, 0.05) is 23.6 Å². The molecule has 3 aromatic rings. The molecule has 0 unspecified atom stereocenters. The molecule has 0 spiro atoms. The molecule has 2 aromatic carbocycles. The zero-order chi connectivity index (χ0) is 23.6. The van der Waals surface area contributed by atoms with Crippen molar-refractivity contribution in [2.75, 3.05) is 12.4 Å². The summed E-state index contributed by atoms with van der Waals surface area (Å²) in [6.45, 7) is 1.62. The topological polar surface area (TPSA) is 60.5 Å². The molecule has 168 valence electrons. The first kappa shape index (κ1) is 23.3. The molecule has 0 aliphatic heterocycles. The number of methoxy groups -OCH3 is 1. The molecule has 0 saturated carbocycles. The lowest BCUT2D eigenvalue weighted by molar-refractivity contribution is -0.141. The van der Waals surface area contributed by atoms with Gasteiger partial charge in [0.1, 0.15) is 34.2 Å². The Morgan fingerprint density at radius 1 is 1.06 bits per heavy atom. The van der Waals surface area contributed by atoms with E-state index in [1.165, 1.54) is 18.3 Å². The van der Waals surface area contributed by atoms with Crippen LogP contribution in [-0.4, -0.2) is 18.0 Å². The largest absolute Gasteiger partial charge is 0.496 e. The fraction of sp³-hybridized carbons (Fsp3) is 0.143. The third kappa shape index (κ3) is 4.91. The number of alkyl halides is 3. The Hall–Kier alpha value is -3.40. The van der Waals surface area contributed by atoms with Gasteiger partial charge in [0.25, 0.3) is 5.91 Å². The Bertz CT molecular complexity index is 1180. The van der Waals surface area contributed by atoms with Crippen LogP contribution in [0.15, 0.2) is 42.6 Å². The lowest BCUT2D eigenvalue weighted by atomic mass is 10.0. The highest BCUT2D eigenvalue weighted by molar-refractivity contribution is 6.32. The number of anilines is 1. The molecular weight excluding hydrogens is 459 g/mol. The first-order valence-electron chi connectivity index (χ1n) is 8.86. The van der Waals surface area contributed by atoms with E-state index < -0.39 is 46.3 Å². The van der Waals surface area contributed by atoms with Gasteiger partial charge in [-0.15, -0.1) is 0 Å². The van der Waals surface area contributed by atoms with Gasteiger partial charge >= 0.3 is 6.18 Å². The number of pyridine rings is 1. The highest BCUT2D eigenvalue weighted by atomic mass is 35.5. The van der Waals surface area contributed by atoms with Crippen LogP contribution in [0.4, 0.5) is 27.6 Å². The minimum atomic E-state index is -5.18. The van der Waals surface area contributed by atoms with Crippen LogP contribution >= 0.6 is 11.6 Å². The molecule has 32 heavy (non-hydrogen) atoms. The summed E-state index contributed by atoms with van der Waals surface area (Å²) in [5.74, 6) is -5.60. The van der Waals surface area contributed by atoms with Gasteiger partial charge in [0.15, 0.2) is 5.82 Å². The fourth-order valence-electron chi connectivity index (χ4n) is 2.82. The molecule has 0 aliphatic carbocycles. The zero-order valence-electron chi connectivity index (χ0n) is 16.5. The molecule has 11 heteroatoms. The van der Waals surface area contributed by atoms with Crippen LogP contribution in [0.5, 0.6) is 17.2 Å². The minimum absolute atomic E-state index is 0.164. The van der Waals surface area contributed by atoms with E-state index in [-0.39, 0.29) is 16.5 Å². The van der Waals surface area contributed by atoms with Gasteiger partial charge in [0.2, 0.25) is 0 Å². The lowest BCUT2D eigenvalue weighted by Gasteiger charge is -2.19. The van der Waals surface area contributed by atoms with E-state index >= 15 is 4.39 Å². The molecule has 1 aromatic heterocycles. The number of halogens is 6. The summed E-state index contributed by atoms with van der Waals surface area (Å²) in [6, 6.07) is 6.44. The Morgan fingerprint density at radius 3 is 2.38 bits per heavy atom.